The molecule has 19 heavy (non-hydrogen) atoms. The Morgan fingerprint density at radius 3 is 2.63 bits per heavy atom. The predicted molar refractivity (Wildman–Crippen MR) is 80.6 cm³/mol. The van der Waals surface area contributed by atoms with Gasteiger partial charge in [-0.15, -0.1) is 0 Å². The van der Waals surface area contributed by atoms with Gasteiger partial charge in [0.1, 0.15) is 0 Å². The molecule has 0 unspecified atom stereocenters. The van der Waals surface area contributed by atoms with E-state index >= 15 is 0 Å². The average molecular weight is 258 g/mol. The van der Waals surface area contributed by atoms with Crippen molar-refractivity contribution in [2.45, 2.75) is 39.0 Å². The fourth-order valence-electron chi connectivity index (χ4n) is 2.38. The molecule has 0 fully saturated rings. The number of aryl methyl sites for hydroxylation is 1. The van der Waals surface area contributed by atoms with Crippen molar-refractivity contribution >= 4 is 10.9 Å². The third-order valence-corrected chi connectivity index (χ3v) is 3.41. The number of rotatable bonds is 3. The molecule has 3 N–H and O–H groups in total. The Labute approximate surface area is 113 Å². The van der Waals surface area contributed by atoms with Crippen LogP contribution >= 0.6 is 0 Å². The van der Waals surface area contributed by atoms with Crippen LogP contribution in [-0.2, 0) is 11.8 Å². The van der Waals surface area contributed by atoms with Gasteiger partial charge in [0.2, 0.25) is 0 Å². The molecule has 2 rings (SSSR count). The molecule has 2 aromatic rings. The van der Waals surface area contributed by atoms with E-state index in [0.717, 1.165) is 29.3 Å². The lowest BCUT2D eigenvalue weighted by Gasteiger charge is -2.21. The molecule has 0 amide bonds. The third-order valence-electron chi connectivity index (χ3n) is 3.41. The van der Waals surface area contributed by atoms with E-state index in [-0.39, 0.29) is 11.0 Å². The molecule has 1 aromatic carbocycles. The van der Waals surface area contributed by atoms with E-state index < -0.39 is 0 Å². The van der Waals surface area contributed by atoms with Crippen molar-refractivity contribution in [1.82, 2.24) is 4.98 Å². The SMILES string of the molecule is CC(C)(C)c1cccc2cc(CCCN)c(=O)[nH]c12. The third kappa shape index (κ3) is 2.87. The minimum atomic E-state index is 0.0117. The molecule has 1 aromatic heterocycles. The zero-order valence-corrected chi connectivity index (χ0v) is 11.9. The lowest BCUT2D eigenvalue weighted by atomic mass is 9.85. The number of aromatic amines is 1. The maximum Gasteiger partial charge on any atom is 0.251 e. The number of aromatic nitrogens is 1. The van der Waals surface area contributed by atoms with Gasteiger partial charge in [-0.3, -0.25) is 4.79 Å². The highest BCUT2D eigenvalue weighted by Crippen LogP contribution is 2.28. The summed E-state index contributed by atoms with van der Waals surface area (Å²) in [6, 6.07) is 8.18. The van der Waals surface area contributed by atoms with Crippen LogP contribution in [-0.4, -0.2) is 11.5 Å². The van der Waals surface area contributed by atoms with Crippen LogP contribution in [0.5, 0.6) is 0 Å². The first-order valence-electron chi connectivity index (χ1n) is 6.79. The second-order valence-electron chi connectivity index (χ2n) is 6.04. The number of hydrogen-bond donors (Lipinski definition) is 2. The maximum absolute atomic E-state index is 12.1. The quantitative estimate of drug-likeness (QED) is 0.889. The number of nitrogens with one attached hydrogen (secondary N) is 1. The average Bonchev–Trinajstić information content (AvgIpc) is 2.34. The molecular weight excluding hydrogens is 236 g/mol. The molecule has 0 atom stereocenters. The molecule has 0 aliphatic heterocycles. The molecule has 3 nitrogen and oxygen atoms in total. The van der Waals surface area contributed by atoms with E-state index in [4.69, 9.17) is 5.73 Å². The standard InChI is InChI=1S/C16H22N2O/c1-16(2,3)13-8-4-6-11-10-12(7-5-9-17)15(19)18-14(11)13/h4,6,8,10H,5,7,9,17H2,1-3H3,(H,18,19). The van der Waals surface area contributed by atoms with Gasteiger partial charge in [-0.25, -0.2) is 0 Å². The number of pyridine rings is 1. The number of H-pyrrole nitrogens is 1. The monoisotopic (exact) mass is 258 g/mol. The Morgan fingerprint density at radius 2 is 2.00 bits per heavy atom. The van der Waals surface area contributed by atoms with E-state index in [0.29, 0.717) is 6.54 Å². The highest BCUT2D eigenvalue weighted by molar-refractivity contribution is 5.83. The molecule has 102 valence electrons. The molecule has 0 saturated carbocycles. The summed E-state index contributed by atoms with van der Waals surface area (Å²) in [5, 5.41) is 1.10. The molecule has 0 radical (unpaired) electrons. The van der Waals surface area contributed by atoms with Gasteiger partial charge in [0.15, 0.2) is 0 Å². The summed E-state index contributed by atoms with van der Waals surface area (Å²) in [5.41, 5.74) is 8.49. The van der Waals surface area contributed by atoms with E-state index in [1.807, 2.05) is 18.2 Å². The number of nitrogens with two attached hydrogens (primary N) is 1. The number of hydrogen-bond acceptors (Lipinski definition) is 2. The summed E-state index contributed by atoms with van der Waals surface area (Å²) in [6.07, 6.45) is 1.58. The molecule has 0 bridgehead atoms. The van der Waals surface area contributed by atoms with Gasteiger partial charge in [0, 0.05) is 5.56 Å². The Hall–Kier alpha value is -1.61. The summed E-state index contributed by atoms with van der Waals surface area (Å²) in [7, 11) is 0. The van der Waals surface area contributed by atoms with Crippen LogP contribution in [0, 0.1) is 0 Å². The van der Waals surface area contributed by atoms with E-state index in [2.05, 4.69) is 31.8 Å². The zero-order valence-electron chi connectivity index (χ0n) is 11.9. The smallest absolute Gasteiger partial charge is 0.251 e. The number of benzene rings is 1. The van der Waals surface area contributed by atoms with Crippen LogP contribution in [0.1, 0.15) is 38.3 Å². The number of fused-ring (bicyclic) bond motifs is 1. The lowest BCUT2D eigenvalue weighted by molar-refractivity contribution is 0.594. The summed E-state index contributed by atoms with van der Waals surface area (Å²) in [4.78, 5) is 15.2. The first-order chi connectivity index (χ1) is 8.93. The van der Waals surface area contributed by atoms with Gasteiger partial charge < -0.3 is 10.7 Å². The van der Waals surface area contributed by atoms with Gasteiger partial charge in [0.05, 0.1) is 5.52 Å². The summed E-state index contributed by atoms with van der Waals surface area (Å²) < 4.78 is 0. The second-order valence-corrected chi connectivity index (χ2v) is 6.04. The molecule has 3 heteroatoms. The van der Waals surface area contributed by atoms with Crippen molar-refractivity contribution in [3.63, 3.8) is 0 Å². The first kappa shape index (κ1) is 13.8. The van der Waals surface area contributed by atoms with Crippen LogP contribution in [0.2, 0.25) is 0 Å². The van der Waals surface area contributed by atoms with Gasteiger partial charge in [-0.1, -0.05) is 39.0 Å². The maximum atomic E-state index is 12.1. The van der Waals surface area contributed by atoms with Crippen molar-refractivity contribution in [3.05, 3.63) is 45.7 Å². The number of para-hydroxylation sites is 1. The highest BCUT2D eigenvalue weighted by Gasteiger charge is 2.17. The van der Waals surface area contributed by atoms with Crippen molar-refractivity contribution in [1.29, 1.82) is 0 Å². The first-order valence-corrected chi connectivity index (χ1v) is 6.79. The van der Waals surface area contributed by atoms with Gasteiger partial charge >= 0.3 is 0 Å². The molecule has 1 heterocycles. The Morgan fingerprint density at radius 1 is 1.26 bits per heavy atom. The van der Waals surface area contributed by atoms with E-state index in [1.165, 1.54) is 5.56 Å². The van der Waals surface area contributed by atoms with E-state index in [9.17, 15) is 4.79 Å². The molecule has 0 spiro atoms. The largest absolute Gasteiger partial charge is 0.330 e. The van der Waals surface area contributed by atoms with Crippen molar-refractivity contribution < 1.29 is 0 Å². The van der Waals surface area contributed by atoms with E-state index in [1.54, 1.807) is 0 Å². The fourth-order valence-corrected chi connectivity index (χ4v) is 2.38. The molecule has 0 saturated heterocycles. The Kier molecular flexibility index (Phi) is 3.76. The minimum Gasteiger partial charge on any atom is -0.330 e. The lowest BCUT2D eigenvalue weighted by Crippen LogP contribution is -2.18. The van der Waals surface area contributed by atoms with Crippen LogP contribution in [0.4, 0.5) is 0 Å². The van der Waals surface area contributed by atoms with Gasteiger partial charge in [-0.05, 0) is 41.8 Å². The fraction of sp³-hybridized carbons (Fsp3) is 0.438. The van der Waals surface area contributed by atoms with Crippen LogP contribution in [0.15, 0.2) is 29.1 Å². The van der Waals surface area contributed by atoms with Crippen molar-refractivity contribution in [2.24, 2.45) is 5.73 Å². The zero-order chi connectivity index (χ0) is 14.0. The summed E-state index contributed by atoms with van der Waals surface area (Å²) >= 11 is 0. The van der Waals surface area contributed by atoms with Crippen LogP contribution < -0.4 is 11.3 Å². The normalized spacial score (nSPS) is 12.0. The molecular formula is C16H22N2O. The van der Waals surface area contributed by atoms with Crippen LogP contribution in [0.25, 0.3) is 10.9 Å². The summed E-state index contributed by atoms with van der Waals surface area (Å²) in [6.45, 7) is 7.08. The predicted octanol–water partition coefficient (Wildman–Crippen LogP) is 2.72. The van der Waals surface area contributed by atoms with Crippen LogP contribution in [0.3, 0.4) is 0 Å². The Bertz CT molecular complexity index is 635. The minimum absolute atomic E-state index is 0.0117. The topological polar surface area (TPSA) is 58.9 Å². The molecule has 0 aliphatic rings. The molecule has 0 aliphatic carbocycles. The van der Waals surface area contributed by atoms with Crippen molar-refractivity contribution in [3.8, 4) is 0 Å². The summed E-state index contributed by atoms with van der Waals surface area (Å²) in [5.74, 6) is 0. The second kappa shape index (κ2) is 5.17. The highest BCUT2D eigenvalue weighted by atomic mass is 16.1. The van der Waals surface area contributed by atoms with Crippen molar-refractivity contribution in [2.75, 3.05) is 6.54 Å². The van der Waals surface area contributed by atoms with Gasteiger partial charge in [-0.2, -0.15) is 0 Å². The van der Waals surface area contributed by atoms with Gasteiger partial charge in [0.25, 0.3) is 5.56 Å². The Balaban J connectivity index is 2.61.